The number of rotatable bonds is 2. The Morgan fingerprint density at radius 1 is 1.00 bits per heavy atom. The van der Waals surface area contributed by atoms with Gasteiger partial charge in [0.2, 0.25) is 0 Å². The second-order valence-corrected chi connectivity index (χ2v) is 7.87. The van der Waals surface area contributed by atoms with E-state index in [0.29, 0.717) is 5.54 Å². The highest BCUT2D eigenvalue weighted by Gasteiger charge is 2.36. The second-order valence-electron chi connectivity index (χ2n) is 7.87. The summed E-state index contributed by atoms with van der Waals surface area (Å²) in [5.74, 6) is 2.74. The molecule has 2 fully saturated rings. The van der Waals surface area contributed by atoms with Crippen LogP contribution in [0.2, 0.25) is 0 Å². The van der Waals surface area contributed by atoms with Crippen LogP contribution < -0.4 is 0 Å². The van der Waals surface area contributed by atoms with Crippen molar-refractivity contribution < 1.29 is 0 Å². The molecule has 2 aliphatic heterocycles. The average Bonchev–Trinajstić information content (AvgIpc) is 2.26. The van der Waals surface area contributed by atoms with Gasteiger partial charge in [0.05, 0.1) is 0 Å². The van der Waals surface area contributed by atoms with Gasteiger partial charge in [-0.05, 0) is 64.5 Å². The molecule has 0 aromatic rings. The van der Waals surface area contributed by atoms with E-state index in [1.807, 2.05) is 0 Å². The summed E-state index contributed by atoms with van der Waals surface area (Å²) in [6, 6.07) is 0. The Labute approximate surface area is 114 Å². The summed E-state index contributed by atoms with van der Waals surface area (Å²) in [5.41, 5.74) is 0.352. The van der Waals surface area contributed by atoms with Crippen molar-refractivity contribution in [1.82, 2.24) is 9.80 Å². The molecule has 2 atom stereocenters. The largest absolute Gasteiger partial charge is 0.303 e. The number of hydrogen-bond donors (Lipinski definition) is 0. The van der Waals surface area contributed by atoms with Crippen LogP contribution in [0.15, 0.2) is 0 Å². The first-order valence-corrected chi connectivity index (χ1v) is 7.83. The predicted molar refractivity (Wildman–Crippen MR) is 78.8 cm³/mol. The van der Waals surface area contributed by atoms with Gasteiger partial charge in [0.1, 0.15) is 0 Å². The molecule has 0 aromatic carbocycles. The molecule has 0 aromatic heterocycles. The summed E-state index contributed by atoms with van der Waals surface area (Å²) in [5, 5.41) is 0. The second kappa shape index (κ2) is 5.50. The monoisotopic (exact) mass is 252 g/mol. The molecule has 18 heavy (non-hydrogen) atoms. The molecule has 0 radical (unpaired) electrons. The maximum absolute atomic E-state index is 2.71. The molecule has 0 N–H and O–H groups in total. The van der Waals surface area contributed by atoms with E-state index in [4.69, 9.17) is 0 Å². The van der Waals surface area contributed by atoms with Crippen LogP contribution in [0.25, 0.3) is 0 Å². The van der Waals surface area contributed by atoms with Gasteiger partial charge in [0.15, 0.2) is 0 Å². The molecule has 2 heterocycles. The fourth-order valence-corrected chi connectivity index (χ4v) is 3.73. The third-order valence-corrected chi connectivity index (χ3v) is 4.77. The van der Waals surface area contributed by atoms with Crippen molar-refractivity contribution in [2.75, 3.05) is 32.7 Å². The molecule has 0 aliphatic carbocycles. The van der Waals surface area contributed by atoms with Crippen LogP contribution in [0, 0.1) is 17.8 Å². The molecule has 2 aliphatic rings. The van der Waals surface area contributed by atoms with Crippen molar-refractivity contribution in [2.24, 2.45) is 17.8 Å². The van der Waals surface area contributed by atoms with Gasteiger partial charge in [-0.25, -0.2) is 0 Å². The third-order valence-electron chi connectivity index (χ3n) is 4.77. The number of hydrogen-bond acceptors (Lipinski definition) is 2. The molecule has 106 valence electrons. The fraction of sp³-hybridized carbons (Fsp3) is 1.00. The van der Waals surface area contributed by atoms with E-state index in [9.17, 15) is 0 Å². The summed E-state index contributed by atoms with van der Waals surface area (Å²) in [6.07, 6.45) is 2.87. The summed E-state index contributed by atoms with van der Waals surface area (Å²) < 4.78 is 0. The van der Waals surface area contributed by atoms with E-state index < -0.39 is 0 Å². The van der Waals surface area contributed by atoms with E-state index in [-0.39, 0.29) is 0 Å². The molecule has 2 saturated heterocycles. The maximum Gasteiger partial charge on any atom is 0.0125 e. The Kier molecular flexibility index (Phi) is 4.38. The predicted octanol–water partition coefficient (Wildman–Crippen LogP) is 3.08. The number of fused-ring (bicyclic) bond motifs is 1. The number of likely N-dealkylation sites (tertiary alicyclic amines) is 2. The maximum atomic E-state index is 2.71. The highest BCUT2D eigenvalue weighted by molar-refractivity contribution is 4.90. The van der Waals surface area contributed by atoms with Gasteiger partial charge in [-0.1, -0.05) is 13.8 Å². The van der Waals surface area contributed by atoms with Crippen molar-refractivity contribution >= 4 is 0 Å². The van der Waals surface area contributed by atoms with E-state index >= 15 is 0 Å². The number of piperidine rings is 2. The van der Waals surface area contributed by atoms with Gasteiger partial charge in [0.25, 0.3) is 0 Å². The Morgan fingerprint density at radius 2 is 1.67 bits per heavy atom. The van der Waals surface area contributed by atoms with Crippen molar-refractivity contribution in [3.05, 3.63) is 0 Å². The molecule has 0 spiro atoms. The van der Waals surface area contributed by atoms with E-state index in [1.54, 1.807) is 0 Å². The summed E-state index contributed by atoms with van der Waals surface area (Å²) in [6.45, 7) is 18.4. The molecule has 2 heteroatoms. The van der Waals surface area contributed by atoms with Gasteiger partial charge < -0.3 is 4.90 Å². The van der Waals surface area contributed by atoms with Crippen LogP contribution in [0.3, 0.4) is 0 Å². The minimum absolute atomic E-state index is 0.352. The Bertz CT molecular complexity index is 267. The van der Waals surface area contributed by atoms with Crippen molar-refractivity contribution in [2.45, 2.75) is 53.0 Å². The van der Waals surface area contributed by atoms with Crippen LogP contribution in [0.5, 0.6) is 0 Å². The van der Waals surface area contributed by atoms with Gasteiger partial charge in [-0.2, -0.15) is 0 Å². The topological polar surface area (TPSA) is 6.48 Å². The Balaban J connectivity index is 1.92. The van der Waals surface area contributed by atoms with E-state index in [1.165, 1.54) is 45.6 Å². The zero-order valence-electron chi connectivity index (χ0n) is 13.1. The van der Waals surface area contributed by atoms with E-state index in [2.05, 4.69) is 44.4 Å². The first-order valence-electron chi connectivity index (χ1n) is 7.83. The molecule has 2 nitrogen and oxygen atoms in total. The van der Waals surface area contributed by atoms with Crippen LogP contribution in [0.4, 0.5) is 0 Å². The first-order chi connectivity index (χ1) is 8.36. The lowest BCUT2D eigenvalue weighted by atomic mass is 9.78. The normalized spacial score (nSPS) is 31.7. The van der Waals surface area contributed by atoms with Crippen molar-refractivity contribution in [3.63, 3.8) is 0 Å². The minimum Gasteiger partial charge on any atom is -0.303 e. The fourth-order valence-electron chi connectivity index (χ4n) is 3.73. The number of nitrogens with zero attached hydrogens (tertiary/aromatic N) is 2. The standard InChI is InChI=1S/C16H32N2/c1-13(2)10-17-8-6-14-7-9-18(16(3,4)5)12-15(14)11-17/h13-15H,6-12H2,1-5H3. The quantitative estimate of drug-likeness (QED) is 0.745. The van der Waals surface area contributed by atoms with Crippen LogP contribution in [0.1, 0.15) is 47.5 Å². The Hall–Kier alpha value is -0.0800. The SMILES string of the molecule is CC(C)CN1CCC2CCN(C(C)(C)C)CC2C1. The van der Waals surface area contributed by atoms with Crippen molar-refractivity contribution in [1.29, 1.82) is 0 Å². The lowest BCUT2D eigenvalue weighted by molar-refractivity contribution is 0.000829. The molecule has 0 saturated carbocycles. The highest BCUT2D eigenvalue weighted by Crippen LogP contribution is 2.34. The molecule has 2 unspecified atom stereocenters. The summed E-state index contributed by atoms with van der Waals surface area (Å²) >= 11 is 0. The zero-order valence-corrected chi connectivity index (χ0v) is 13.1. The molecular formula is C16H32N2. The first kappa shape index (κ1) is 14.3. The minimum atomic E-state index is 0.352. The molecular weight excluding hydrogens is 220 g/mol. The van der Waals surface area contributed by atoms with Gasteiger partial charge >= 0.3 is 0 Å². The van der Waals surface area contributed by atoms with Crippen LogP contribution in [-0.4, -0.2) is 48.1 Å². The van der Waals surface area contributed by atoms with Gasteiger partial charge in [0, 0.05) is 25.2 Å². The van der Waals surface area contributed by atoms with Gasteiger partial charge in [-0.15, -0.1) is 0 Å². The van der Waals surface area contributed by atoms with Gasteiger partial charge in [-0.3, -0.25) is 4.90 Å². The lowest BCUT2D eigenvalue weighted by Gasteiger charge is -2.49. The van der Waals surface area contributed by atoms with Crippen LogP contribution >= 0.6 is 0 Å². The highest BCUT2D eigenvalue weighted by atomic mass is 15.2. The van der Waals surface area contributed by atoms with E-state index in [0.717, 1.165) is 17.8 Å². The lowest BCUT2D eigenvalue weighted by Crippen LogP contribution is -2.54. The summed E-state index contributed by atoms with van der Waals surface area (Å²) in [7, 11) is 0. The Morgan fingerprint density at radius 3 is 2.28 bits per heavy atom. The third kappa shape index (κ3) is 3.48. The van der Waals surface area contributed by atoms with Crippen LogP contribution in [-0.2, 0) is 0 Å². The molecule has 0 bridgehead atoms. The van der Waals surface area contributed by atoms with Crippen molar-refractivity contribution in [3.8, 4) is 0 Å². The summed E-state index contributed by atoms with van der Waals surface area (Å²) in [4.78, 5) is 5.41. The zero-order chi connectivity index (χ0) is 13.3. The molecule has 2 rings (SSSR count). The average molecular weight is 252 g/mol. The molecule has 0 amide bonds. The smallest absolute Gasteiger partial charge is 0.0125 e.